The maximum absolute atomic E-state index is 14.9. The molecule has 1 N–H and O–H groups in total. The zero-order valence-corrected chi connectivity index (χ0v) is 30.0. The Morgan fingerprint density at radius 2 is 1.92 bits per heavy atom. The summed E-state index contributed by atoms with van der Waals surface area (Å²) >= 11 is 0. The van der Waals surface area contributed by atoms with Crippen LogP contribution in [0.2, 0.25) is 0 Å². The van der Waals surface area contributed by atoms with Crippen LogP contribution in [0.3, 0.4) is 0 Å². The summed E-state index contributed by atoms with van der Waals surface area (Å²) in [7, 11) is -2.38. The summed E-state index contributed by atoms with van der Waals surface area (Å²) < 4.78 is 41.8. The molecule has 0 aromatic heterocycles. The first-order valence-electron chi connectivity index (χ1n) is 17.9. The molecule has 4 aliphatic heterocycles. The number of carbonyl (C=O) groups is 2. The first-order chi connectivity index (χ1) is 23.4. The molecule has 1 aromatic rings. The topological polar surface area (TPSA) is 123 Å². The Bertz CT molecular complexity index is 1710. The van der Waals surface area contributed by atoms with Crippen LogP contribution < -0.4 is 0 Å². The van der Waals surface area contributed by atoms with Crippen molar-refractivity contribution in [3.8, 4) is 5.75 Å². The van der Waals surface area contributed by atoms with Crippen molar-refractivity contribution in [3.05, 3.63) is 58.7 Å². The van der Waals surface area contributed by atoms with Crippen molar-refractivity contribution in [2.45, 2.75) is 70.5 Å². The molecule has 10 nitrogen and oxygen atoms in total. The Balaban J connectivity index is 1.33. The number of phenols is 1. The molecule has 2 saturated heterocycles. The highest BCUT2D eigenvalue weighted by molar-refractivity contribution is 7.87. The second-order valence-corrected chi connectivity index (χ2v) is 17.7. The van der Waals surface area contributed by atoms with Gasteiger partial charge >= 0.3 is 16.1 Å². The zero-order valence-electron chi connectivity index (χ0n) is 29.2. The van der Waals surface area contributed by atoms with Gasteiger partial charge in [0.15, 0.2) is 0 Å². The van der Waals surface area contributed by atoms with Crippen molar-refractivity contribution < 1.29 is 36.8 Å². The average molecular weight is 695 g/mol. The standard InChI is InChI=1S/C38H50N2O8S/c1-24(2)49(44,45)48-35(42)27-11-10-25(3)33(26-8-6-5-7-9-26)34-30-13-12-29(41)16-31(30)32-17-38(32,21-39(34)15-14-27)36(43)40-18-28-19-47-23-37(28,20-40)22-46-4/h10-14,16,24-26,28,32,41H,5-9,15,17-23H2,1-4H3. The molecule has 0 spiro atoms. The Hall–Kier alpha value is -3.15. The second kappa shape index (κ2) is 12.9. The summed E-state index contributed by atoms with van der Waals surface area (Å²) in [5.74, 6) is -0.209. The van der Waals surface area contributed by atoms with E-state index in [9.17, 15) is 23.1 Å². The van der Waals surface area contributed by atoms with Gasteiger partial charge in [-0.25, -0.2) is 4.79 Å². The molecule has 4 fully saturated rings. The molecular weight excluding hydrogens is 644 g/mol. The highest BCUT2D eigenvalue weighted by Crippen LogP contribution is 2.65. The van der Waals surface area contributed by atoms with Crippen LogP contribution in [0.4, 0.5) is 0 Å². The Morgan fingerprint density at radius 3 is 2.65 bits per heavy atom. The van der Waals surface area contributed by atoms with E-state index < -0.39 is 26.8 Å². The van der Waals surface area contributed by atoms with Crippen LogP contribution >= 0.6 is 0 Å². The molecule has 4 heterocycles. The number of carbonyl (C=O) groups excluding carboxylic acids is 2. The number of methoxy groups -OCH3 is 1. The highest BCUT2D eigenvalue weighted by Gasteiger charge is 2.66. The normalized spacial score (nSPS) is 31.5. The summed E-state index contributed by atoms with van der Waals surface area (Å²) in [4.78, 5) is 32.6. The summed E-state index contributed by atoms with van der Waals surface area (Å²) in [5, 5.41) is 9.95. The largest absolute Gasteiger partial charge is 0.508 e. The zero-order chi connectivity index (χ0) is 34.7. The smallest absolute Gasteiger partial charge is 0.353 e. The Labute approximate surface area is 290 Å². The lowest BCUT2D eigenvalue weighted by Crippen LogP contribution is -2.44. The van der Waals surface area contributed by atoms with E-state index in [1.807, 2.05) is 23.1 Å². The van der Waals surface area contributed by atoms with Crippen LogP contribution in [0.1, 0.15) is 76.3 Å². The van der Waals surface area contributed by atoms with E-state index in [0.717, 1.165) is 42.5 Å². The summed E-state index contributed by atoms with van der Waals surface area (Å²) in [6, 6.07) is 5.59. The van der Waals surface area contributed by atoms with Gasteiger partial charge in [-0.3, -0.25) is 4.79 Å². The van der Waals surface area contributed by atoms with Gasteiger partial charge in [-0.05, 0) is 74.3 Å². The van der Waals surface area contributed by atoms with Gasteiger partial charge in [0, 0.05) is 61.8 Å². The lowest BCUT2D eigenvalue weighted by Gasteiger charge is -2.37. The van der Waals surface area contributed by atoms with Gasteiger partial charge in [0.2, 0.25) is 5.91 Å². The van der Waals surface area contributed by atoms with E-state index in [0.29, 0.717) is 58.3 Å². The molecule has 266 valence electrons. The lowest BCUT2D eigenvalue weighted by molar-refractivity contribution is -0.137. The van der Waals surface area contributed by atoms with Crippen LogP contribution in [-0.2, 0) is 33.4 Å². The number of rotatable bonds is 7. The molecule has 0 bridgehead atoms. The van der Waals surface area contributed by atoms with Gasteiger partial charge in [-0.15, -0.1) is 0 Å². The minimum atomic E-state index is -4.08. The second-order valence-electron chi connectivity index (χ2n) is 15.6. The fourth-order valence-electron chi connectivity index (χ4n) is 9.35. The van der Waals surface area contributed by atoms with Gasteiger partial charge in [0.25, 0.3) is 0 Å². The maximum atomic E-state index is 14.9. The minimum absolute atomic E-state index is 0.0665. The molecule has 6 aliphatic rings. The molecule has 0 radical (unpaired) electrons. The van der Waals surface area contributed by atoms with E-state index in [1.54, 1.807) is 25.3 Å². The number of nitrogens with zero attached hydrogens (tertiary/aromatic N) is 2. The van der Waals surface area contributed by atoms with Crippen LogP contribution in [0.15, 0.2) is 47.6 Å². The van der Waals surface area contributed by atoms with E-state index >= 15 is 0 Å². The third-order valence-electron chi connectivity index (χ3n) is 12.1. The molecule has 1 aromatic carbocycles. The average Bonchev–Trinajstić information content (AvgIpc) is 3.51. The molecule has 7 rings (SSSR count). The Kier molecular flexibility index (Phi) is 9.01. The third kappa shape index (κ3) is 6.03. The number of fused-ring (bicyclic) bond motifs is 6. The number of amides is 1. The lowest BCUT2D eigenvalue weighted by atomic mass is 9.76. The van der Waals surface area contributed by atoms with Gasteiger partial charge in [-0.1, -0.05) is 44.4 Å². The fourth-order valence-corrected chi connectivity index (χ4v) is 9.85. The monoisotopic (exact) mass is 694 g/mol. The number of benzene rings is 1. The quantitative estimate of drug-likeness (QED) is 0.393. The predicted molar refractivity (Wildman–Crippen MR) is 185 cm³/mol. The summed E-state index contributed by atoms with van der Waals surface area (Å²) in [6.07, 6.45) is 11.7. The molecule has 5 atom stereocenters. The molecule has 49 heavy (non-hydrogen) atoms. The highest BCUT2D eigenvalue weighted by atomic mass is 32.2. The molecule has 1 amide bonds. The number of phenolic OH excluding ortho intramolecular Hbond substituents is 1. The molecule has 2 saturated carbocycles. The number of aromatic hydroxyl groups is 1. The van der Waals surface area contributed by atoms with Gasteiger partial charge < -0.3 is 28.6 Å². The minimum Gasteiger partial charge on any atom is -0.508 e. The Morgan fingerprint density at radius 1 is 1.14 bits per heavy atom. The van der Waals surface area contributed by atoms with Crippen molar-refractivity contribution >= 4 is 27.7 Å². The summed E-state index contributed by atoms with van der Waals surface area (Å²) in [5.41, 5.74) is 3.63. The number of hydrogen-bond acceptors (Lipinski definition) is 9. The van der Waals surface area contributed by atoms with Gasteiger partial charge in [0.05, 0.1) is 36.1 Å². The van der Waals surface area contributed by atoms with E-state index in [4.69, 9.17) is 13.7 Å². The first kappa shape index (κ1) is 34.3. The fraction of sp³-hybridized carbons (Fsp3) is 0.632. The van der Waals surface area contributed by atoms with Crippen molar-refractivity contribution in [2.24, 2.45) is 28.6 Å². The van der Waals surface area contributed by atoms with Gasteiger partial charge in [-0.2, -0.15) is 8.42 Å². The molecule has 11 heteroatoms. The SMILES string of the molecule is COCC12COCC1CN(C(=O)C13CC1c1cc(O)ccc1C1=C(C4CCCCC4)C(C)C=CC(C(=O)OS(=O)(=O)C(C)C)=CCN1C3)C2. The number of hydrogen-bond donors (Lipinski definition) is 1. The van der Waals surface area contributed by atoms with Crippen LogP contribution in [0, 0.1) is 28.6 Å². The van der Waals surface area contributed by atoms with Gasteiger partial charge in [0.1, 0.15) is 5.75 Å². The first-order valence-corrected chi connectivity index (χ1v) is 19.4. The third-order valence-corrected chi connectivity index (χ3v) is 13.6. The predicted octanol–water partition coefficient (Wildman–Crippen LogP) is 5.01. The maximum Gasteiger partial charge on any atom is 0.353 e. The van der Waals surface area contributed by atoms with Crippen molar-refractivity contribution in [3.63, 3.8) is 0 Å². The van der Waals surface area contributed by atoms with E-state index in [-0.39, 0.29) is 40.4 Å². The van der Waals surface area contributed by atoms with E-state index in [2.05, 4.69) is 11.8 Å². The number of allylic oxidation sites excluding steroid dienone is 2. The number of ether oxygens (including phenoxy) is 2. The van der Waals surface area contributed by atoms with Crippen molar-refractivity contribution in [2.75, 3.05) is 53.1 Å². The molecule has 2 aliphatic carbocycles. The van der Waals surface area contributed by atoms with Crippen LogP contribution in [-0.4, -0.2) is 93.6 Å². The van der Waals surface area contributed by atoms with E-state index in [1.165, 1.54) is 25.8 Å². The number of likely N-dealkylation sites (tertiary alicyclic amines) is 1. The van der Waals surface area contributed by atoms with Crippen LogP contribution in [0.25, 0.3) is 5.70 Å². The van der Waals surface area contributed by atoms with Crippen LogP contribution in [0.5, 0.6) is 5.75 Å². The molecule has 5 unspecified atom stereocenters. The molecular formula is C38H50N2O8S. The summed E-state index contributed by atoms with van der Waals surface area (Å²) in [6.45, 7) is 8.79. The van der Waals surface area contributed by atoms with Crippen molar-refractivity contribution in [1.82, 2.24) is 9.80 Å². The van der Waals surface area contributed by atoms with Crippen molar-refractivity contribution in [1.29, 1.82) is 0 Å².